The SMILES string of the molecule is CC1(CC(=O)N2CCN(c3nc(-c4ccc5cnn(C6COC6)c5c4)no3)CC2)CC1. The molecular formula is C22H26N6O3. The van der Waals surface area contributed by atoms with Gasteiger partial charge in [-0.2, -0.15) is 10.1 Å². The van der Waals surface area contributed by atoms with Crippen molar-refractivity contribution in [2.45, 2.75) is 32.2 Å². The van der Waals surface area contributed by atoms with Gasteiger partial charge in [0.25, 0.3) is 0 Å². The predicted octanol–water partition coefficient (Wildman–Crippen LogP) is 2.50. The second-order valence-electron chi connectivity index (χ2n) is 9.31. The average molecular weight is 422 g/mol. The van der Waals surface area contributed by atoms with E-state index in [1.807, 2.05) is 27.9 Å². The van der Waals surface area contributed by atoms with E-state index >= 15 is 0 Å². The van der Waals surface area contributed by atoms with Crippen LogP contribution in [0.3, 0.4) is 0 Å². The summed E-state index contributed by atoms with van der Waals surface area (Å²) < 4.78 is 12.9. The topological polar surface area (TPSA) is 89.5 Å². The molecule has 0 spiro atoms. The summed E-state index contributed by atoms with van der Waals surface area (Å²) in [5.74, 6) is 0.835. The van der Waals surface area contributed by atoms with Gasteiger partial charge in [0.2, 0.25) is 11.7 Å². The normalized spacial score (nSPS) is 20.8. The fraction of sp³-hybridized carbons (Fsp3) is 0.545. The van der Waals surface area contributed by atoms with E-state index in [1.165, 1.54) is 12.8 Å². The maximum atomic E-state index is 12.5. The first-order valence-corrected chi connectivity index (χ1v) is 11.0. The van der Waals surface area contributed by atoms with Crippen molar-refractivity contribution in [1.82, 2.24) is 24.8 Å². The van der Waals surface area contributed by atoms with Gasteiger partial charge in [0.1, 0.15) is 0 Å². The number of aromatic nitrogens is 4. The van der Waals surface area contributed by atoms with Gasteiger partial charge in [-0.25, -0.2) is 0 Å². The summed E-state index contributed by atoms with van der Waals surface area (Å²) in [6.07, 6.45) is 4.89. The molecule has 1 saturated carbocycles. The van der Waals surface area contributed by atoms with Crippen molar-refractivity contribution in [3.8, 4) is 11.4 Å². The maximum absolute atomic E-state index is 12.5. The molecular weight excluding hydrogens is 396 g/mol. The van der Waals surface area contributed by atoms with E-state index in [0.29, 0.717) is 57.7 Å². The van der Waals surface area contributed by atoms with Crippen molar-refractivity contribution in [2.24, 2.45) is 5.41 Å². The first-order valence-electron chi connectivity index (χ1n) is 11.0. The molecule has 9 heteroatoms. The quantitative estimate of drug-likeness (QED) is 0.624. The summed E-state index contributed by atoms with van der Waals surface area (Å²) >= 11 is 0. The molecule has 1 aliphatic carbocycles. The Kier molecular flexibility index (Phi) is 4.27. The van der Waals surface area contributed by atoms with Crippen LogP contribution >= 0.6 is 0 Å². The number of anilines is 1. The first kappa shape index (κ1) is 18.8. The monoisotopic (exact) mass is 422 g/mol. The third-order valence-corrected chi connectivity index (χ3v) is 6.82. The first-order chi connectivity index (χ1) is 15.1. The third kappa shape index (κ3) is 3.46. The number of rotatable bonds is 5. The molecule has 1 amide bonds. The van der Waals surface area contributed by atoms with Crippen molar-refractivity contribution < 1.29 is 14.1 Å². The molecule has 2 aromatic heterocycles. The number of carbonyl (C=O) groups is 1. The van der Waals surface area contributed by atoms with E-state index < -0.39 is 0 Å². The summed E-state index contributed by atoms with van der Waals surface area (Å²) in [5, 5.41) is 9.80. The molecule has 2 aliphatic heterocycles. The Hall–Kier alpha value is -2.94. The fourth-order valence-electron chi connectivity index (χ4n) is 4.31. The number of benzene rings is 1. The molecule has 162 valence electrons. The number of nitrogens with zero attached hydrogens (tertiary/aromatic N) is 6. The van der Waals surface area contributed by atoms with Crippen molar-refractivity contribution >= 4 is 22.8 Å². The van der Waals surface area contributed by atoms with Crippen molar-refractivity contribution in [3.63, 3.8) is 0 Å². The lowest BCUT2D eigenvalue weighted by Gasteiger charge is -2.34. The van der Waals surface area contributed by atoms with Gasteiger partial charge in [-0.1, -0.05) is 24.2 Å². The molecule has 3 aromatic rings. The van der Waals surface area contributed by atoms with E-state index in [9.17, 15) is 4.79 Å². The molecule has 3 fully saturated rings. The van der Waals surface area contributed by atoms with Crippen LogP contribution in [0.2, 0.25) is 0 Å². The second kappa shape index (κ2) is 7.05. The fourth-order valence-corrected chi connectivity index (χ4v) is 4.31. The van der Waals surface area contributed by atoms with Crippen molar-refractivity contribution in [2.75, 3.05) is 44.3 Å². The standard InChI is InChI=1S/C22H26N6O3/c1-22(4-5-22)11-19(29)26-6-8-27(9-7-26)21-24-20(25-31-21)15-2-3-16-12-23-28(18(16)10-15)17-13-30-14-17/h2-3,10,12,17H,4-9,11,13-14H2,1H3. The second-order valence-corrected chi connectivity index (χ2v) is 9.31. The zero-order chi connectivity index (χ0) is 21.0. The van der Waals surface area contributed by atoms with Gasteiger partial charge < -0.3 is 19.1 Å². The molecule has 0 N–H and O–H groups in total. The minimum atomic E-state index is 0.248. The molecule has 3 aliphatic rings. The molecule has 0 radical (unpaired) electrons. The lowest BCUT2D eigenvalue weighted by atomic mass is 10.0. The third-order valence-electron chi connectivity index (χ3n) is 6.82. The van der Waals surface area contributed by atoms with Gasteiger partial charge in [-0.05, 0) is 24.3 Å². The Morgan fingerprint density at radius 1 is 1.19 bits per heavy atom. The Balaban J connectivity index is 1.15. The molecule has 0 atom stereocenters. The van der Waals surface area contributed by atoms with Crippen molar-refractivity contribution in [1.29, 1.82) is 0 Å². The van der Waals surface area contributed by atoms with Crippen LogP contribution in [-0.2, 0) is 9.53 Å². The van der Waals surface area contributed by atoms with E-state index in [0.717, 1.165) is 16.5 Å². The van der Waals surface area contributed by atoms with Crippen LogP contribution in [0.15, 0.2) is 28.9 Å². The Morgan fingerprint density at radius 3 is 2.71 bits per heavy atom. The van der Waals surface area contributed by atoms with Crippen LogP contribution in [0.4, 0.5) is 6.01 Å². The Labute approximate surface area is 179 Å². The van der Waals surface area contributed by atoms with Crippen LogP contribution in [-0.4, -0.2) is 70.1 Å². The van der Waals surface area contributed by atoms with Gasteiger partial charge in [0, 0.05) is 43.5 Å². The summed E-state index contributed by atoms with van der Waals surface area (Å²) in [4.78, 5) is 21.2. The number of piperazine rings is 1. The Morgan fingerprint density at radius 2 is 2.00 bits per heavy atom. The molecule has 1 aromatic carbocycles. The highest BCUT2D eigenvalue weighted by atomic mass is 16.5. The Bertz CT molecular complexity index is 1120. The molecule has 4 heterocycles. The van der Waals surface area contributed by atoms with Crippen LogP contribution in [0.1, 0.15) is 32.2 Å². The average Bonchev–Trinajstić information content (AvgIpc) is 3.15. The zero-order valence-corrected chi connectivity index (χ0v) is 17.7. The minimum Gasteiger partial charge on any atom is -0.377 e. The van der Waals surface area contributed by atoms with Gasteiger partial charge in [-0.3, -0.25) is 9.48 Å². The predicted molar refractivity (Wildman–Crippen MR) is 114 cm³/mol. The van der Waals surface area contributed by atoms with Gasteiger partial charge >= 0.3 is 6.01 Å². The van der Waals surface area contributed by atoms with E-state index in [4.69, 9.17) is 9.26 Å². The molecule has 2 saturated heterocycles. The van der Waals surface area contributed by atoms with Gasteiger partial charge in [0.05, 0.1) is 31.0 Å². The highest BCUT2D eigenvalue weighted by Crippen LogP contribution is 2.48. The highest BCUT2D eigenvalue weighted by molar-refractivity contribution is 5.83. The number of hydrogen-bond donors (Lipinski definition) is 0. The van der Waals surface area contributed by atoms with Gasteiger partial charge in [-0.15, -0.1) is 0 Å². The number of amides is 1. The highest BCUT2D eigenvalue weighted by Gasteiger charge is 2.40. The van der Waals surface area contributed by atoms with E-state index in [1.54, 1.807) is 0 Å². The lowest BCUT2D eigenvalue weighted by Crippen LogP contribution is -2.49. The van der Waals surface area contributed by atoms with Crippen LogP contribution in [0.5, 0.6) is 0 Å². The van der Waals surface area contributed by atoms with Crippen LogP contribution in [0, 0.1) is 5.41 Å². The van der Waals surface area contributed by atoms with Crippen molar-refractivity contribution in [3.05, 3.63) is 24.4 Å². The molecule has 6 rings (SSSR count). The van der Waals surface area contributed by atoms with E-state index in [-0.39, 0.29) is 17.4 Å². The summed E-state index contributed by atoms with van der Waals surface area (Å²) in [6.45, 7) is 6.39. The van der Waals surface area contributed by atoms with Gasteiger partial charge in [0.15, 0.2) is 0 Å². The summed E-state index contributed by atoms with van der Waals surface area (Å²) in [5.41, 5.74) is 2.20. The molecule has 31 heavy (non-hydrogen) atoms. The smallest absolute Gasteiger partial charge is 0.324 e. The lowest BCUT2D eigenvalue weighted by molar-refractivity contribution is -0.132. The minimum absolute atomic E-state index is 0.248. The number of fused-ring (bicyclic) bond motifs is 1. The largest absolute Gasteiger partial charge is 0.377 e. The summed E-state index contributed by atoms with van der Waals surface area (Å²) in [7, 11) is 0. The molecule has 9 nitrogen and oxygen atoms in total. The number of carbonyl (C=O) groups excluding carboxylic acids is 1. The van der Waals surface area contributed by atoms with E-state index in [2.05, 4.69) is 33.1 Å². The van der Waals surface area contributed by atoms with Crippen LogP contribution < -0.4 is 4.90 Å². The molecule has 0 bridgehead atoms. The van der Waals surface area contributed by atoms with Crippen LogP contribution in [0.25, 0.3) is 22.3 Å². The number of ether oxygens (including phenoxy) is 1. The summed E-state index contributed by atoms with van der Waals surface area (Å²) in [6, 6.07) is 6.89. The number of hydrogen-bond acceptors (Lipinski definition) is 7. The zero-order valence-electron chi connectivity index (χ0n) is 17.7. The molecule has 0 unspecified atom stereocenters. The maximum Gasteiger partial charge on any atom is 0.324 e.